The van der Waals surface area contributed by atoms with Crippen molar-refractivity contribution in [1.29, 1.82) is 0 Å². The molecule has 0 fully saturated rings. The van der Waals surface area contributed by atoms with Gasteiger partial charge in [0.15, 0.2) is 5.78 Å². The highest BCUT2D eigenvalue weighted by Crippen LogP contribution is 2.25. The third-order valence-corrected chi connectivity index (χ3v) is 4.83. The van der Waals surface area contributed by atoms with Gasteiger partial charge in [-0.25, -0.2) is 0 Å². The van der Waals surface area contributed by atoms with Crippen molar-refractivity contribution < 1.29 is 14.3 Å². The van der Waals surface area contributed by atoms with E-state index in [-0.39, 0.29) is 5.78 Å². The van der Waals surface area contributed by atoms with Gasteiger partial charge in [-0.2, -0.15) is 0 Å². The number of allylic oxidation sites excluding steroid dienone is 2. The molecule has 0 aliphatic rings. The van der Waals surface area contributed by atoms with Crippen LogP contribution in [0.3, 0.4) is 0 Å². The Balaban J connectivity index is 1.76. The molecule has 152 valence electrons. The van der Waals surface area contributed by atoms with E-state index in [1.54, 1.807) is 43.5 Å². The maximum Gasteiger partial charge on any atom is 0.185 e. The van der Waals surface area contributed by atoms with Gasteiger partial charge in [0, 0.05) is 16.1 Å². The molecular weight excluding hydrogens is 396 g/mol. The molecule has 3 rings (SSSR count). The van der Waals surface area contributed by atoms with Gasteiger partial charge < -0.3 is 9.47 Å². The molecule has 0 saturated carbocycles. The Hall–Kier alpha value is -3.30. The molecule has 0 radical (unpaired) electrons. The minimum Gasteiger partial charge on any atom is -0.496 e. The Bertz CT molecular complexity index is 1050. The zero-order chi connectivity index (χ0) is 21.3. The van der Waals surface area contributed by atoms with Crippen molar-refractivity contribution in [1.82, 2.24) is 0 Å². The van der Waals surface area contributed by atoms with Gasteiger partial charge in [-0.3, -0.25) is 4.79 Å². The molecule has 0 saturated heterocycles. The zero-order valence-electron chi connectivity index (χ0n) is 16.8. The molecule has 3 aromatic rings. The predicted octanol–water partition coefficient (Wildman–Crippen LogP) is 6.55. The molecule has 0 aromatic heterocycles. The first kappa shape index (κ1) is 21.4. The van der Waals surface area contributed by atoms with Gasteiger partial charge in [0.2, 0.25) is 0 Å². The zero-order valence-corrected chi connectivity index (χ0v) is 17.6. The molecular formula is C26H23ClO3. The average molecular weight is 419 g/mol. The second kappa shape index (κ2) is 10.5. The Kier molecular flexibility index (Phi) is 7.47. The highest BCUT2D eigenvalue weighted by molar-refractivity contribution is 6.30. The van der Waals surface area contributed by atoms with Gasteiger partial charge in [0.25, 0.3) is 0 Å². The standard InChI is InChI=1S/C26H23ClO3/c1-3-6-21-7-4-5-8-26(21)30-18-22-17-19(10-16-25(22)29-2)9-15-24(28)20-11-13-23(27)14-12-20/h3-5,7-17H,1,6,18H2,2H3/b15-9+. The van der Waals surface area contributed by atoms with Crippen molar-refractivity contribution in [3.05, 3.63) is 113 Å². The van der Waals surface area contributed by atoms with Crippen LogP contribution < -0.4 is 9.47 Å². The molecule has 0 heterocycles. The summed E-state index contributed by atoms with van der Waals surface area (Å²) in [6, 6.07) is 20.5. The molecule has 3 aromatic carbocycles. The lowest BCUT2D eigenvalue weighted by Crippen LogP contribution is -2.01. The van der Waals surface area contributed by atoms with Crippen molar-refractivity contribution in [3.63, 3.8) is 0 Å². The van der Waals surface area contributed by atoms with E-state index in [0.717, 1.165) is 34.6 Å². The van der Waals surface area contributed by atoms with Crippen molar-refractivity contribution >= 4 is 23.5 Å². The number of hydrogen-bond donors (Lipinski definition) is 0. The summed E-state index contributed by atoms with van der Waals surface area (Å²) in [7, 11) is 1.63. The summed E-state index contributed by atoms with van der Waals surface area (Å²) in [5.41, 5.74) is 3.45. The lowest BCUT2D eigenvalue weighted by Gasteiger charge is -2.13. The molecule has 30 heavy (non-hydrogen) atoms. The highest BCUT2D eigenvalue weighted by atomic mass is 35.5. The smallest absolute Gasteiger partial charge is 0.185 e. The quantitative estimate of drug-likeness (QED) is 0.224. The third-order valence-electron chi connectivity index (χ3n) is 4.58. The molecule has 0 spiro atoms. The summed E-state index contributed by atoms with van der Waals surface area (Å²) in [5.74, 6) is 1.47. The van der Waals surface area contributed by atoms with Crippen LogP contribution in [-0.2, 0) is 13.0 Å². The molecule has 0 N–H and O–H groups in total. The summed E-state index contributed by atoms with van der Waals surface area (Å²) in [4.78, 5) is 12.4. The molecule has 4 heteroatoms. The first-order chi connectivity index (χ1) is 14.6. The summed E-state index contributed by atoms with van der Waals surface area (Å²) in [6.45, 7) is 4.15. The van der Waals surface area contributed by atoms with Crippen LogP contribution in [-0.4, -0.2) is 12.9 Å². The second-order valence-corrected chi connectivity index (χ2v) is 7.10. The van der Waals surface area contributed by atoms with Gasteiger partial charge in [-0.15, -0.1) is 6.58 Å². The first-order valence-corrected chi connectivity index (χ1v) is 9.95. The van der Waals surface area contributed by atoms with Gasteiger partial charge in [-0.05, 0) is 66.1 Å². The highest BCUT2D eigenvalue weighted by Gasteiger charge is 2.08. The van der Waals surface area contributed by atoms with Crippen LogP contribution in [0, 0.1) is 0 Å². The lowest BCUT2D eigenvalue weighted by molar-refractivity contribution is 0.104. The number of hydrogen-bond acceptors (Lipinski definition) is 3. The van der Waals surface area contributed by atoms with Crippen LogP contribution in [0.5, 0.6) is 11.5 Å². The first-order valence-electron chi connectivity index (χ1n) is 9.57. The van der Waals surface area contributed by atoms with Crippen LogP contribution in [0.2, 0.25) is 5.02 Å². The van der Waals surface area contributed by atoms with Crippen molar-refractivity contribution in [2.45, 2.75) is 13.0 Å². The monoisotopic (exact) mass is 418 g/mol. The molecule has 0 atom stereocenters. The SMILES string of the molecule is C=CCc1ccccc1OCc1cc(/C=C/C(=O)c2ccc(Cl)cc2)ccc1OC. The van der Waals surface area contributed by atoms with Crippen LogP contribution in [0.1, 0.15) is 27.0 Å². The Morgan fingerprint density at radius 2 is 1.77 bits per heavy atom. The molecule has 0 aliphatic heterocycles. The van der Waals surface area contributed by atoms with E-state index in [1.807, 2.05) is 48.5 Å². The summed E-state index contributed by atoms with van der Waals surface area (Å²) >= 11 is 5.88. The van der Waals surface area contributed by atoms with Crippen molar-refractivity contribution in [2.75, 3.05) is 7.11 Å². The van der Waals surface area contributed by atoms with Gasteiger partial charge >= 0.3 is 0 Å². The fourth-order valence-electron chi connectivity index (χ4n) is 3.02. The van der Waals surface area contributed by atoms with Gasteiger partial charge in [0.1, 0.15) is 18.1 Å². The molecule has 0 unspecified atom stereocenters. The fraction of sp³-hybridized carbons (Fsp3) is 0.115. The van der Waals surface area contributed by atoms with E-state index < -0.39 is 0 Å². The number of methoxy groups -OCH3 is 1. The van der Waals surface area contributed by atoms with E-state index in [1.165, 1.54) is 0 Å². The molecule has 0 aliphatic carbocycles. The summed E-state index contributed by atoms with van der Waals surface area (Å²) < 4.78 is 11.5. The second-order valence-electron chi connectivity index (χ2n) is 6.66. The normalized spacial score (nSPS) is 10.7. The largest absolute Gasteiger partial charge is 0.496 e. The van der Waals surface area contributed by atoms with E-state index in [9.17, 15) is 4.79 Å². The number of ketones is 1. The number of rotatable bonds is 9. The Morgan fingerprint density at radius 1 is 1.00 bits per heavy atom. The van der Waals surface area contributed by atoms with E-state index in [0.29, 0.717) is 17.2 Å². The van der Waals surface area contributed by atoms with Crippen LogP contribution in [0.15, 0.2) is 85.5 Å². The van der Waals surface area contributed by atoms with Crippen molar-refractivity contribution in [2.24, 2.45) is 0 Å². The van der Waals surface area contributed by atoms with Gasteiger partial charge in [0.05, 0.1) is 7.11 Å². The van der Waals surface area contributed by atoms with Crippen LogP contribution in [0.4, 0.5) is 0 Å². The molecule has 0 amide bonds. The number of ether oxygens (including phenoxy) is 2. The van der Waals surface area contributed by atoms with Crippen LogP contribution in [0.25, 0.3) is 6.08 Å². The van der Waals surface area contributed by atoms with Crippen LogP contribution >= 0.6 is 11.6 Å². The fourth-order valence-corrected chi connectivity index (χ4v) is 3.15. The lowest BCUT2D eigenvalue weighted by atomic mass is 10.1. The number of carbonyl (C=O) groups is 1. The van der Waals surface area contributed by atoms with Gasteiger partial charge in [-0.1, -0.05) is 48.0 Å². The minimum absolute atomic E-state index is 0.0846. The molecule has 3 nitrogen and oxygen atoms in total. The minimum atomic E-state index is -0.0846. The Morgan fingerprint density at radius 3 is 2.50 bits per heavy atom. The van der Waals surface area contributed by atoms with E-state index in [4.69, 9.17) is 21.1 Å². The molecule has 0 bridgehead atoms. The topological polar surface area (TPSA) is 35.5 Å². The number of carbonyl (C=O) groups excluding carboxylic acids is 1. The Labute approximate surface area is 182 Å². The average Bonchev–Trinajstić information content (AvgIpc) is 2.77. The summed E-state index contributed by atoms with van der Waals surface area (Å²) in [6.07, 6.45) is 5.93. The van der Waals surface area contributed by atoms with Crippen molar-refractivity contribution in [3.8, 4) is 11.5 Å². The maximum atomic E-state index is 12.4. The number of benzene rings is 3. The summed E-state index contributed by atoms with van der Waals surface area (Å²) in [5, 5.41) is 0.602. The number of para-hydroxylation sites is 1. The number of halogens is 1. The maximum absolute atomic E-state index is 12.4. The van der Waals surface area contributed by atoms with E-state index >= 15 is 0 Å². The predicted molar refractivity (Wildman–Crippen MR) is 122 cm³/mol. The van der Waals surface area contributed by atoms with E-state index in [2.05, 4.69) is 6.58 Å². The third kappa shape index (κ3) is 5.62.